The van der Waals surface area contributed by atoms with E-state index in [0.29, 0.717) is 24.7 Å². The molecule has 0 bridgehead atoms. The highest BCUT2D eigenvalue weighted by Gasteiger charge is 2.78. The molecular weight excluding hydrogens is 578 g/mol. The van der Waals surface area contributed by atoms with Crippen molar-refractivity contribution in [3.8, 4) is 0 Å². The summed E-state index contributed by atoms with van der Waals surface area (Å²) < 4.78 is 16.1. The second kappa shape index (κ2) is 12.0. The molecule has 0 aromatic heterocycles. The Bertz CT molecular complexity index is 1300. The molecule has 10 nitrogen and oxygen atoms in total. The topological polar surface area (TPSA) is 142 Å². The summed E-state index contributed by atoms with van der Waals surface area (Å²) in [4.78, 5) is 74.8. The van der Waals surface area contributed by atoms with Crippen LogP contribution in [-0.2, 0) is 38.2 Å². The number of hydrogen-bond acceptors (Lipinski definition) is 9. The Hall–Kier alpha value is -3.04. The lowest BCUT2D eigenvalue weighted by Crippen LogP contribution is -2.48. The van der Waals surface area contributed by atoms with Crippen LogP contribution in [0.3, 0.4) is 0 Å². The van der Waals surface area contributed by atoms with E-state index in [1.54, 1.807) is 33.8 Å². The number of fused-ring (bicyclic) bond motifs is 2. The number of esters is 2. The number of rotatable bonds is 10. The third kappa shape index (κ3) is 6.22. The summed E-state index contributed by atoms with van der Waals surface area (Å²) in [6.45, 7) is 9.97. The molecule has 248 valence electrons. The molecule has 1 amide bonds. The van der Waals surface area contributed by atoms with Crippen molar-refractivity contribution in [1.29, 1.82) is 0 Å². The van der Waals surface area contributed by atoms with Crippen LogP contribution in [0.4, 0.5) is 4.79 Å². The van der Waals surface area contributed by atoms with E-state index >= 15 is 0 Å². The SMILES string of the molecule is CC(=O)OC1CC2C3CCC4CC(=O)C=CC45CC35CCC2(C)C1CC(=O)C(=O)C(C)CCOC(=O)CNC(=O)OC(C)(C)C. The van der Waals surface area contributed by atoms with Crippen LogP contribution in [-0.4, -0.2) is 60.2 Å². The third-order valence-corrected chi connectivity index (χ3v) is 11.9. The molecule has 9 atom stereocenters. The van der Waals surface area contributed by atoms with Gasteiger partial charge in [-0.25, -0.2) is 4.79 Å². The van der Waals surface area contributed by atoms with E-state index in [1.807, 2.05) is 0 Å². The van der Waals surface area contributed by atoms with Gasteiger partial charge in [0.05, 0.1) is 6.61 Å². The van der Waals surface area contributed by atoms with Crippen LogP contribution in [0.1, 0.15) is 99.3 Å². The first-order chi connectivity index (χ1) is 21.0. The van der Waals surface area contributed by atoms with Crippen molar-refractivity contribution in [3.05, 3.63) is 12.2 Å². The number of allylic oxidation sites excluding steroid dienone is 2. The normalized spacial score (nSPS) is 36.8. The number of ketones is 3. The maximum atomic E-state index is 13.4. The summed E-state index contributed by atoms with van der Waals surface area (Å²) in [5.74, 6) is -1.58. The molecule has 2 spiro atoms. The molecule has 0 aromatic carbocycles. The molecular formula is C35H49NO9. The van der Waals surface area contributed by atoms with Crippen LogP contribution in [0, 0.1) is 45.8 Å². The standard InChI is InChI=1S/C35H49NO9/c1-20(10-14-43-29(40)18-36-31(42)45-32(3,4)5)30(41)27(39)16-26-28(44-21(2)37)17-25-24-8-7-22-15-23(38)9-11-34(22)19-35(24,34)13-12-33(25,26)6/h9,11,20,22,24-26,28H,7-8,10,12-19H2,1-6H3,(H,36,42). The third-order valence-electron chi connectivity index (χ3n) is 11.9. The monoisotopic (exact) mass is 627 g/mol. The highest BCUT2D eigenvalue weighted by molar-refractivity contribution is 6.37. The van der Waals surface area contributed by atoms with Gasteiger partial charge in [-0.15, -0.1) is 0 Å². The molecule has 0 radical (unpaired) electrons. The summed E-state index contributed by atoms with van der Waals surface area (Å²) in [6.07, 6.45) is 9.50. The molecule has 5 aliphatic rings. The Morgan fingerprint density at radius 3 is 2.51 bits per heavy atom. The van der Waals surface area contributed by atoms with Crippen LogP contribution in [0.15, 0.2) is 12.2 Å². The van der Waals surface area contributed by atoms with Crippen LogP contribution in [0.2, 0.25) is 0 Å². The predicted molar refractivity (Wildman–Crippen MR) is 163 cm³/mol. The van der Waals surface area contributed by atoms with Crippen molar-refractivity contribution in [2.45, 2.75) is 111 Å². The molecule has 4 saturated carbocycles. The number of nitrogens with one attached hydrogen (secondary N) is 1. The van der Waals surface area contributed by atoms with Gasteiger partial charge in [0.2, 0.25) is 5.78 Å². The minimum Gasteiger partial charge on any atom is -0.464 e. The molecule has 0 aliphatic heterocycles. The molecule has 45 heavy (non-hydrogen) atoms. The lowest BCUT2D eigenvalue weighted by atomic mass is 9.50. The fraction of sp³-hybridized carbons (Fsp3) is 0.771. The second-order valence-electron chi connectivity index (χ2n) is 15.6. The van der Waals surface area contributed by atoms with Gasteiger partial charge < -0.3 is 19.5 Å². The average Bonchev–Trinajstić information content (AvgIpc) is 3.54. The molecule has 5 aliphatic carbocycles. The molecule has 4 fully saturated rings. The van der Waals surface area contributed by atoms with E-state index in [0.717, 1.165) is 32.1 Å². The van der Waals surface area contributed by atoms with Crippen molar-refractivity contribution in [2.24, 2.45) is 45.8 Å². The Morgan fingerprint density at radius 2 is 1.82 bits per heavy atom. The van der Waals surface area contributed by atoms with Crippen molar-refractivity contribution >= 4 is 35.4 Å². The first-order valence-corrected chi connectivity index (χ1v) is 16.6. The average molecular weight is 628 g/mol. The van der Waals surface area contributed by atoms with Gasteiger partial charge in [-0.2, -0.15) is 0 Å². The van der Waals surface area contributed by atoms with Gasteiger partial charge in [0, 0.05) is 31.6 Å². The lowest BCUT2D eigenvalue weighted by molar-refractivity contribution is -0.151. The minimum atomic E-state index is -0.733. The van der Waals surface area contributed by atoms with Crippen LogP contribution < -0.4 is 5.32 Å². The van der Waals surface area contributed by atoms with Gasteiger partial charge in [0.1, 0.15) is 18.2 Å². The Kier molecular flexibility index (Phi) is 8.86. The van der Waals surface area contributed by atoms with E-state index < -0.39 is 41.3 Å². The number of amides is 1. The van der Waals surface area contributed by atoms with Gasteiger partial charge >= 0.3 is 18.0 Å². The summed E-state index contributed by atoms with van der Waals surface area (Å²) in [7, 11) is 0. The van der Waals surface area contributed by atoms with Crippen molar-refractivity contribution in [2.75, 3.05) is 13.2 Å². The van der Waals surface area contributed by atoms with Gasteiger partial charge in [-0.1, -0.05) is 19.9 Å². The summed E-state index contributed by atoms with van der Waals surface area (Å²) in [6, 6.07) is 0. The zero-order chi connectivity index (χ0) is 32.9. The maximum Gasteiger partial charge on any atom is 0.408 e. The second-order valence-corrected chi connectivity index (χ2v) is 15.6. The smallest absolute Gasteiger partial charge is 0.408 e. The Labute approximate surface area is 265 Å². The zero-order valence-corrected chi connectivity index (χ0v) is 27.6. The quantitative estimate of drug-likeness (QED) is 0.203. The first-order valence-electron chi connectivity index (χ1n) is 16.6. The van der Waals surface area contributed by atoms with E-state index in [4.69, 9.17) is 14.2 Å². The number of ether oxygens (including phenoxy) is 3. The van der Waals surface area contributed by atoms with Crippen molar-refractivity contribution in [3.63, 3.8) is 0 Å². The molecule has 5 rings (SSSR count). The van der Waals surface area contributed by atoms with Crippen LogP contribution >= 0.6 is 0 Å². The molecule has 10 heteroatoms. The van der Waals surface area contributed by atoms with Gasteiger partial charge in [0.15, 0.2) is 11.6 Å². The van der Waals surface area contributed by atoms with E-state index in [1.165, 1.54) is 6.92 Å². The number of carbonyl (C=O) groups excluding carboxylic acids is 6. The molecule has 0 aromatic rings. The maximum absolute atomic E-state index is 13.4. The number of carbonyl (C=O) groups is 6. The largest absolute Gasteiger partial charge is 0.464 e. The number of alkyl carbamates (subject to hydrolysis) is 1. The van der Waals surface area contributed by atoms with E-state index in [-0.39, 0.29) is 65.8 Å². The van der Waals surface area contributed by atoms with E-state index in [2.05, 4.69) is 18.3 Å². The zero-order valence-electron chi connectivity index (χ0n) is 27.6. The summed E-state index contributed by atoms with van der Waals surface area (Å²) >= 11 is 0. The fourth-order valence-corrected chi connectivity index (χ4v) is 9.85. The van der Waals surface area contributed by atoms with Crippen LogP contribution in [0.25, 0.3) is 0 Å². The van der Waals surface area contributed by atoms with Crippen molar-refractivity contribution < 1.29 is 43.0 Å². The molecule has 9 unspecified atom stereocenters. The van der Waals surface area contributed by atoms with Gasteiger partial charge in [-0.3, -0.25) is 24.0 Å². The Balaban J connectivity index is 1.18. The molecule has 1 N–H and O–H groups in total. The summed E-state index contributed by atoms with van der Waals surface area (Å²) in [5, 5.41) is 2.33. The molecule has 0 saturated heterocycles. The van der Waals surface area contributed by atoms with Gasteiger partial charge in [-0.05, 0) is 106 Å². The Morgan fingerprint density at radius 1 is 1.09 bits per heavy atom. The molecule has 0 heterocycles. The summed E-state index contributed by atoms with van der Waals surface area (Å²) in [5.41, 5.74) is -0.645. The van der Waals surface area contributed by atoms with Crippen molar-refractivity contribution in [1.82, 2.24) is 5.32 Å². The highest BCUT2D eigenvalue weighted by atomic mass is 16.6. The first kappa shape index (κ1) is 33.3. The fourth-order valence-electron chi connectivity index (χ4n) is 9.85. The van der Waals surface area contributed by atoms with E-state index in [9.17, 15) is 28.8 Å². The number of Topliss-reactive ketones (excluding diaryl/α,β-unsaturated/α-hetero) is 2. The van der Waals surface area contributed by atoms with Gasteiger partial charge in [0.25, 0.3) is 0 Å². The highest BCUT2D eigenvalue weighted by Crippen LogP contribution is 2.84. The lowest BCUT2D eigenvalue weighted by Gasteiger charge is -2.54. The number of hydrogen-bond donors (Lipinski definition) is 1. The van der Waals surface area contributed by atoms with Crippen LogP contribution in [0.5, 0.6) is 0 Å². The minimum absolute atomic E-state index is 0.0234. The predicted octanol–water partition coefficient (Wildman–Crippen LogP) is 4.91.